The van der Waals surface area contributed by atoms with Crippen molar-refractivity contribution >= 4 is 86.9 Å². The van der Waals surface area contributed by atoms with Crippen molar-refractivity contribution in [1.82, 2.24) is 9.88 Å². The van der Waals surface area contributed by atoms with E-state index in [1.54, 1.807) is 0 Å². The molecule has 10 aromatic rings. The zero-order chi connectivity index (χ0) is 37.5. The normalized spacial score (nSPS) is 15.8. The van der Waals surface area contributed by atoms with Crippen LogP contribution in [0.3, 0.4) is 0 Å². The van der Waals surface area contributed by atoms with Crippen molar-refractivity contribution in [2.75, 3.05) is 0 Å². The lowest BCUT2D eigenvalue weighted by Crippen LogP contribution is -2.34. The van der Waals surface area contributed by atoms with E-state index >= 15 is 0 Å². The van der Waals surface area contributed by atoms with Crippen LogP contribution in [-0.4, -0.2) is 16.2 Å². The predicted octanol–water partition coefficient (Wildman–Crippen LogP) is 13.4. The smallest absolute Gasteiger partial charge is 0.159 e. The minimum absolute atomic E-state index is 0.316. The molecule has 0 radical (unpaired) electrons. The van der Waals surface area contributed by atoms with Crippen LogP contribution in [0.2, 0.25) is 0 Å². The maximum Gasteiger partial charge on any atom is 0.159 e. The van der Waals surface area contributed by atoms with Crippen LogP contribution < -0.4 is 5.32 Å². The molecule has 2 aliphatic rings. The Labute approximate surface area is 332 Å². The number of para-hydroxylation sites is 2. The van der Waals surface area contributed by atoms with Crippen molar-refractivity contribution in [1.29, 1.82) is 0 Å². The highest BCUT2D eigenvalue weighted by Gasteiger charge is 2.25. The minimum atomic E-state index is -0.316. The zero-order valence-electron chi connectivity index (χ0n) is 30.8. The van der Waals surface area contributed by atoms with E-state index in [1.165, 1.54) is 42.0 Å². The van der Waals surface area contributed by atoms with Crippen LogP contribution in [0, 0.1) is 0 Å². The monoisotopic (exact) mass is 750 g/mol. The van der Waals surface area contributed by atoms with Crippen LogP contribution in [0.25, 0.3) is 80.7 Å². The number of rotatable bonds is 5. The average molecular weight is 751 g/mol. The summed E-state index contributed by atoms with van der Waals surface area (Å²) in [6.45, 7) is 0. The fourth-order valence-corrected chi connectivity index (χ4v) is 10.1. The number of aliphatic imine (C=N–C) groups is 2. The molecule has 0 fully saturated rings. The van der Waals surface area contributed by atoms with E-state index in [2.05, 4.69) is 162 Å². The molecule has 0 amide bonds. The first-order valence-electron chi connectivity index (χ1n) is 19.5. The molecule has 1 atom stereocenters. The van der Waals surface area contributed by atoms with Crippen LogP contribution in [0.5, 0.6) is 0 Å². The van der Waals surface area contributed by atoms with E-state index in [-0.39, 0.29) is 6.17 Å². The van der Waals surface area contributed by atoms with Crippen LogP contribution >= 0.6 is 11.3 Å². The van der Waals surface area contributed by atoms with Gasteiger partial charge in [0.05, 0.1) is 22.1 Å². The lowest BCUT2D eigenvalue weighted by Gasteiger charge is -2.25. The molecule has 6 heteroatoms. The molecule has 0 bridgehead atoms. The van der Waals surface area contributed by atoms with E-state index in [0.29, 0.717) is 0 Å². The molecule has 0 spiro atoms. The molecule has 1 N–H and O–H groups in total. The lowest BCUT2D eigenvalue weighted by molar-refractivity contribution is 0.669. The Hall–Kier alpha value is -7.02. The third-order valence-electron chi connectivity index (χ3n) is 11.5. The van der Waals surface area contributed by atoms with Gasteiger partial charge in [0.2, 0.25) is 0 Å². The summed E-state index contributed by atoms with van der Waals surface area (Å²) >= 11 is 1.83. The highest BCUT2D eigenvalue weighted by Crippen LogP contribution is 2.45. The largest absolute Gasteiger partial charge is 0.456 e. The second-order valence-corrected chi connectivity index (χ2v) is 15.9. The number of thiophene rings is 1. The molecule has 4 heterocycles. The molecule has 1 aliphatic heterocycles. The van der Waals surface area contributed by atoms with Gasteiger partial charge in [-0.2, -0.15) is 0 Å². The Balaban J connectivity index is 1.06. The SMILES string of the molecule is C1=CC(C2=NC(c3ccccc3)=NC(c3cccc4sc5ccc(-c6cccc7oc8cccc(-n9c%10ccccc%10c%10ccccc%109)c8c67)cc5c34)N2)=CCC1. The van der Waals surface area contributed by atoms with E-state index < -0.39 is 0 Å². The van der Waals surface area contributed by atoms with Gasteiger partial charge in [-0.3, -0.25) is 0 Å². The fourth-order valence-electron chi connectivity index (χ4n) is 8.97. The van der Waals surface area contributed by atoms with Crippen molar-refractivity contribution in [3.63, 3.8) is 0 Å². The number of nitrogens with zero attached hydrogens (tertiary/aromatic N) is 3. The van der Waals surface area contributed by atoms with Crippen molar-refractivity contribution in [2.45, 2.75) is 19.0 Å². The topological polar surface area (TPSA) is 54.8 Å². The first kappa shape index (κ1) is 32.2. The Morgan fingerprint density at radius 1 is 0.614 bits per heavy atom. The summed E-state index contributed by atoms with van der Waals surface area (Å²) in [6, 6.07) is 54.1. The number of hydrogen-bond donors (Lipinski definition) is 1. The molecule has 57 heavy (non-hydrogen) atoms. The third-order valence-corrected chi connectivity index (χ3v) is 12.6. The van der Waals surface area contributed by atoms with Crippen molar-refractivity contribution in [2.24, 2.45) is 9.98 Å². The maximum atomic E-state index is 6.67. The van der Waals surface area contributed by atoms with E-state index in [9.17, 15) is 0 Å². The summed E-state index contributed by atoms with van der Waals surface area (Å²) in [5.74, 6) is 1.60. The summed E-state index contributed by atoms with van der Waals surface area (Å²) in [7, 11) is 0. The summed E-state index contributed by atoms with van der Waals surface area (Å²) in [5.41, 5.74) is 10.7. The Bertz CT molecular complexity index is 3340. The third kappa shape index (κ3) is 5.07. The van der Waals surface area contributed by atoms with Gasteiger partial charge in [0.25, 0.3) is 0 Å². The molecular weight excluding hydrogens is 717 g/mol. The van der Waals surface area contributed by atoms with Gasteiger partial charge in [-0.05, 0) is 72.5 Å². The predicted molar refractivity (Wildman–Crippen MR) is 239 cm³/mol. The Kier molecular flexibility index (Phi) is 7.22. The molecule has 5 nitrogen and oxygen atoms in total. The van der Waals surface area contributed by atoms with Crippen LogP contribution in [0.1, 0.15) is 30.1 Å². The molecule has 270 valence electrons. The average Bonchev–Trinajstić information content (AvgIpc) is 3.96. The van der Waals surface area contributed by atoms with E-state index in [4.69, 9.17) is 14.4 Å². The quantitative estimate of drug-likeness (QED) is 0.190. The standard InChI is InChI=1S/C51H34N4OS/c1-3-14-31(15-4-1)49-52-50(32-16-5-2-6-17-32)54-51(53-49)37-21-12-27-45-46(37)38-30-33(28-29-44(38)57-45)34-20-11-25-42-47(34)48-41(24-13-26-43(48)56-42)55-39-22-9-7-18-35(39)36-19-8-10-23-40(36)55/h1,3-5,7-30,51H,2,6H2,(H,52,53,54). The van der Waals surface area contributed by atoms with Gasteiger partial charge in [-0.1, -0.05) is 121 Å². The van der Waals surface area contributed by atoms with Gasteiger partial charge in [0.1, 0.15) is 23.2 Å². The Morgan fingerprint density at radius 2 is 1.37 bits per heavy atom. The summed E-state index contributed by atoms with van der Waals surface area (Å²) in [4.78, 5) is 10.4. The molecule has 1 unspecified atom stereocenters. The number of nitrogens with one attached hydrogen (secondary N) is 1. The van der Waals surface area contributed by atoms with Crippen LogP contribution in [0.15, 0.2) is 190 Å². The van der Waals surface area contributed by atoms with Gasteiger partial charge in [-0.25, -0.2) is 9.98 Å². The number of benzene rings is 7. The van der Waals surface area contributed by atoms with Gasteiger partial charge in [0.15, 0.2) is 5.84 Å². The lowest BCUT2D eigenvalue weighted by atomic mass is 9.96. The van der Waals surface area contributed by atoms with Crippen LogP contribution in [0.4, 0.5) is 0 Å². The number of furan rings is 1. The minimum Gasteiger partial charge on any atom is -0.456 e. The molecule has 7 aromatic carbocycles. The summed E-state index contributed by atoms with van der Waals surface area (Å²) in [5, 5.41) is 10.9. The number of aromatic nitrogens is 1. The molecular formula is C51H34N4OS. The highest BCUT2D eigenvalue weighted by atomic mass is 32.1. The van der Waals surface area contributed by atoms with E-state index in [1.807, 2.05) is 29.5 Å². The second-order valence-electron chi connectivity index (χ2n) is 14.8. The van der Waals surface area contributed by atoms with Crippen molar-refractivity contribution in [3.05, 3.63) is 187 Å². The van der Waals surface area contributed by atoms with Gasteiger partial charge >= 0.3 is 0 Å². The molecule has 12 rings (SSSR count). The number of hydrogen-bond acceptors (Lipinski definition) is 5. The Morgan fingerprint density at radius 3 is 2.18 bits per heavy atom. The van der Waals surface area contributed by atoms with Gasteiger partial charge in [-0.15, -0.1) is 11.3 Å². The van der Waals surface area contributed by atoms with Crippen molar-refractivity contribution < 1.29 is 4.42 Å². The summed E-state index contributed by atoms with van der Waals surface area (Å²) in [6.07, 6.45) is 8.42. The molecule has 0 saturated heterocycles. The van der Waals surface area contributed by atoms with E-state index in [0.717, 1.165) is 80.0 Å². The number of fused-ring (bicyclic) bond motifs is 9. The zero-order valence-corrected chi connectivity index (χ0v) is 31.6. The number of amidine groups is 2. The van der Waals surface area contributed by atoms with Gasteiger partial charge < -0.3 is 14.3 Å². The second kappa shape index (κ2) is 12.8. The number of allylic oxidation sites excluding steroid dienone is 2. The highest BCUT2D eigenvalue weighted by molar-refractivity contribution is 7.25. The first-order chi connectivity index (χ1) is 28.3. The maximum absolute atomic E-state index is 6.67. The molecule has 0 saturated carbocycles. The van der Waals surface area contributed by atoms with Crippen LogP contribution in [-0.2, 0) is 0 Å². The first-order valence-corrected chi connectivity index (χ1v) is 20.3. The molecule has 3 aromatic heterocycles. The fraction of sp³-hybridized carbons (Fsp3) is 0.0588. The van der Waals surface area contributed by atoms with Gasteiger partial charge in [0, 0.05) is 53.0 Å². The summed E-state index contributed by atoms with van der Waals surface area (Å²) < 4.78 is 11.5. The molecule has 1 aliphatic carbocycles. The van der Waals surface area contributed by atoms with Crippen molar-refractivity contribution in [3.8, 4) is 16.8 Å².